The van der Waals surface area contributed by atoms with Crippen molar-refractivity contribution in [2.45, 2.75) is 40.3 Å². The number of benzene rings is 1. The van der Waals surface area contributed by atoms with Crippen LogP contribution in [0.4, 0.5) is 5.82 Å². The Hall–Kier alpha value is -2.29. The van der Waals surface area contributed by atoms with Crippen LogP contribution < -0.4 is 5.32 Å². The summed E-state index contributed by atoms with van der Waals surface area (Å²) in [5, 5.41) is 4.78. The van der Waals surface area contributed by atoms with E-state index in [1.54, 1.807) is 0 Å². The van der Waals surface area contributed by atoms with Crippen LogP contribution in [0.2, 0.25) is 0 Å². The Morgan fingerprint density at radius 2 is 1.95 bits per heavy atom. The SMILES string of the molecule is CCCn1c(C)cc2ccnc(NCc3ccccc3C)c21. The van der Waals surface area contributed by atoms with E-state index in [4.69, 9.17) is 0 Å². The van der Waals surface area contributed by atoms with E-state index in [9.17, 15) is 0 Å². The van der Waals surface area contributed by atoms with Crippen molar-refractivity contribution in [2.75, 3.05) is 5.32 Å². The Morgan fingerprint density at radius 1 is 1.14 bits per heavy atom. The minimum absolute atomic E-state index is 0.801. The van der Waals surface area contributed by atoms with Crippen molar-refractivity contribution in [3.8, 4) is 0 Å². The second-order valence-corrected chi connectivity index (χ2v) is 5.81. The highest BCUT2D eigenvalue weighted by Gasteiger charge is 2.10. The minimum atomic E-state index is 0.801. The van der Waals surface area contributed by atoms with Gasteiger partial charge in [0, 0.05) is 30.4 Å². The quantitative estimate of drug-likeness (QED) is 0.740. The van der Waals surface area contributed by atoms with Crippen LogP contribution in [-0.4, -0.2) is 9.55 Å². The molecule has 0 aliphatic heterocycles. The molecule has 114 valence electrons. The van der Waals surface area contributed by atoms with Gasteiger partial charge in [0.1, 0.15) is 0 Å². The highest BCUT2D eigenvalue weighted by atomic mass is 15.1. The number of aromatic nitrogens is 2. The number of fused-ring (bicyclic) bond motifs is 1. The fourth-order valence-corrected chi connectivity index (χ4v) is 2.98. The molecule has 0 unspecified atom stereocenters. The van der Waals surface area contributed by atoms with Crippen molar-refractivity contribution < 1.29 is 0 Å². The molecule has 0 spiro atoms. The maximum atomic E-state index is 4.58. The van der Waals surface area contributed by atoms with E-state index in [1.807, 2.05) is 6.20 Å². The van der Waals surface area contributed by atoms with E-state index in [1.165, 1.54) is 27.7 Å². The first-order valence-electron chi connectivity index (χ1n) is 7.94. The summed E-state index contributed by atoms with van der Waals surface area (Å²) in [7, 11) is 0. The highest BCUT2D eigenvalue weighted by Crippen LogP contribution is 2.26. The molecule has 0 atom stereocenters. The van der Waals surface area contributed by atoms with E-state index >= 15 is 0 Å². The van der Waals surface area contributed by atoms with Gasteiger partial charge in [-0.15, -0.1) is 0 Å². The van der Waals surface area contributed by atoms with Crippen molar-refractivity contribution in [1.82, 2.24) is 9.55 Å². The molecule has 0 aliphatic rings. The van der Waals surface area contributed by atoms with Crippen LogP contribution in [0.5, 0.6) is 0 Å². The third-order valence-corrected chi connectivity index (χ3v) is 4.17. The van der Waals surface area contributed by atoms with Gasteiger partial charge in [-0.3, -0.25) is 0 Å². The molecule has 0 saturated carbocycles. The monoisotopic (exact) mass is 293 g/mol. The molecule has 3 nitrogen and oxygen atoms in total. The Morgan fingerprint density at radius 3 is 2.73 bits per heavy atom. The van der Waals surface area contributed by atoms with Gasteiger partial charge in [-0.05, 0) is 43.5 Å². The average Bonchev–Trinajstić information content (AvgIpc) is 2.83. The third kappa shape index (κ3) is 2.71. The normalized spacial score (nSPS) is 11.0. The second-order valence-electron chi connectivity index (χ2n) is 5.81. The van der Waals surface area contributed by atoms with Crippen LogP contribution in [0, 0.1) is 13.8 Å². The van der Waals surface area contributed by atoms with Gasteiger partial charge in [-0.1, -0.05) is 31.2 Å². The van der Waals surface area contributed by atoms with Crippen LogP contribution in [0.15, 0.2) is 42.6 Å². The first-order chi connectivity index (χ1) is 10.7. The fourth-order valence-electron chi connectivity index (χ4n) is 2.98. The van der Waals surface area contributed by atoms with Crippen LogP contribution in [0.3, 0.4) is 0 Å². The summed E-state index contributed by atoms with van der Waals surface area (Å²) in [5.74, 6) is 0.974. The van der Waals surface area contributed by atoms with Gasteiger partial charge in [-0.2, -0.15) is 0 Å². The predicted molar refractivity (Wildman–Crippen MR) is 93.3 cm³/mol. The van der Waals surface area contributed by atoms with Gasteiger partial charge in [0.15, 0.2) is 5.82 Å². The van der Waals surface area contributed by atoms with Crippen molar-refractivity contribution >= 4 is 16.7 Å². The fraction of sp³-hybridized carbons (Fsp3) is 0.316. The number of nitrogens with zero attached hydrogens (tertiary/aromatic N) is 2. The summed E-state index contributed by atoms with van der Waals surface area (Å²) in [4.78, 5) is 4.58. The zero-order chi connectivity index (χ0) is 15.5. The first-order valence-corrected chi connectivity index (χ1v) is 7.94. The molecule has 22 heavy (non-hydrogen) atoms. The van der Waals surface area contributed by atoms with Crippen LogP contribution >= 0.6 is 0 Å². The van der Waals surface area contributed by atoms with Crippen molar-refractivity contribution in [2.24, 2.45) is 0 Å². The molecular weight excluding hydrogens is 270 g/mol. The smallest absolute Gasteiger partial charge is 0.150 e. The summed E-state index contributed by atoms with van der Waals surface area (Å²) >= 11 is 0. The molecule has 3 aromatic rings. The molecule has 0 radical (unpaired) electrons. The van der Waals surface area contributed by atoms with Gasteiger partial charge in [0.2, 0.25) is 0 Å². The number of aryl methyl sites for hydroxylation is 3. The van der Waals surface area contributed by atoms with E-state index in [2.05, 4.69) is 72.0 Å². The molecule has 1 N–H and O–H groups in total. The Labute approximate surface area is 132 Å². The molecule has 0 aliphatic carbocycles. The molecular formula is C19H23N3. The molecule has 0 saturated heterocycles. The molecule has 3 heteroatoms. The van der Waals surface area contributed by atoms with E-state index in [0.29, 0.717) is 0 Å². The zero-order valence-electron chi connectivity index (χ0n) is 13.6. The van der Waals surface area contributed by atoms with E-state index in [0.717, 1.165) is 25.3 Å². The summed E-state index contributed by atoms with van der Waals surface area (Å²) in [6.07, 6.45) is 3.01. The number of nitrogens with one attached hydrogen (secondary N) is 1. The molecule has 3 rings (SSSR count). The van der Waals surface area contributed by atoms with Crippen LogP contribution in [0.1, 0.15) is 30.2 Å². The molecule has 0 bridgehead atoms. The lowest BCUT2D eigenvalue weighted by Gasteiger charge is -2.12. The van der Waals surface area contributed by atoms with E-state index < -0.39 is 0 Å². The molecule has 2 heterocycles. The minimum Gasteiger partial charge on any atom is -0.364 e. The number of hydrogen-bond donors (Lipinski definition) is 1. The maximum Gasteiger partial charge on any atom is 0.150 e. The summed E-state index contributed by atoms with van der Waals surface area (Å²) < 4.78 is 2.36. The van der Waals surface area contributed by atoms with Gasteiger partial charge in [-0.25, -0.2) is 4.98 Å². The third-order valence-electron chi connectivity index (χ3n) is 4.17. The summed E-state index contributed by atoms with van der Waals surface area (Å²) in [6, 6.07) is 12.8. The van der Waals surface area contributed by atoms with Crippen LogP contribution in [0.25, 0.3) is 10.9 Å². The zero-order valence-corrected chi connectivity index (χ0v) is 13.6. The van der Waals surface area contributed by atoms with Crippen molar-refractivity contribution in [3.63, 3.8) is 0 Å². The topological polar surface area (TPSA) is 29.9 Å². The molecule has 1 aromatic carbocycles. The van der Waals surface area contributed by atoms with Crippen molar-refractivity contribution in [1.29, 1.82) is 0 Å². The largest absolute Gasteiger partial charge is 0.364 e. The lowest BCUT2D eigenvalue weighted by atomic mass is 10.1. The summed E-state index contributed by atoms with van der Waals surface area (Å²) in [6.45, 7) is 8.35. The highest BCUT2D eigenvalue weighted by molar-refractivity contribution is 5.90. The molecule has 2 aromatic heterocycles. The standard InChI is InChI=1S/C19H23N3/c1-4-11-22-15(3)12-16-9-10-20-19(18(16)22)21-13-17-8-6-5-7-14(17)2/h5-10,12H,4,11,13H2,1-3H3,(H,20,21). The number of anilines is 1. The Balaban J connectivity index is 1.95. The van der Waals surface area contributed by atoms with Gasteiger partial charge < -0.3 is 9.88 Å². The van der Waals surface area contributed by atoms with E-state index in [-0.39, 0.29) is 0 Å². The molecule has 0 amide bonds. The van der Waals surface area contributed by atoms with Gasteiger partial charge in [0.05, 0.1) is 5.52 Å². The van der Waals surface area contributed by atoms with Gasteiger partial charge in [0.25, 0.3) is 0 Å². The van der Waals surface area contributed by atoms with Crippen molar-refractivity contribution in [3.05, 3.63) is 59.4 Å². The first kappa shape index (κ1) is 14.6. The molecule has 0 fully saturated rings. The average molecular weight is 293 g/mol. The van der Waals surface area contributed by atoms with Gasteiger partial charge >= 0.3 is 0 Å². The Bertz CT molecular complexity index is 786. The van der Waals surface area contributed by atoms with Crippen LogP contribution in [-0.2, 0) is 13.1 Å². The number of hydrogen-bond acceptors (Lipinski definition) is 2. The second kappa shape index (κ2) is 6.22. The lowest BCUT2D eigenvalue weighted by Crippen LogP contribution is -2.06. The maximum absolute atomic E-state index is 4.58. The number of rotatable bonds is 5. The lowest BCUT2D eigenvalue weighted by molar-refractivity contribution is 0.685. The Kier molecular flexibility index (Phi) is 4.14. The number of pyridine rings is 1. The predicted octanol–water partition coefficient (Wildman–Crippen LogP) is 4.68. The summed E-state index contributed by atoms with van der Waals surface area (Å²) in [5.41, 5.74) is 5.13.